The van der Waals surface area contributed by atoms with Crippen molar-refractivity contribution in [3.05, 3.63) is 83.9 Å². The summed E-state index contributed by atoms with van der Waals surface area (Å²) in [5, 5.41) is 5.21. The van der Waals surface area contributed by atoms with E-state index in [1.165, 1.54) is 18.3 Å². The van der Waals surface area contributed by atoms with Gasteiger partial charge in [0.25, 0.3) is 5.91 Å². The lowest BCUT2D eigenvalue weighted by atomic mass is 10.1. The van der Waals surface area contributed by atoms with Gasteiger partial charge in [0, 0.05) is 37.2 Å². The normalized spacial score (nSPS) is 15.3. The van der Waals surface area contributed by atoms with E-state index in [4.69, 9.17) is 9.47 Å². The molecule has 0 saturated carbocycles. The Labute approximate surface area is 244 Å². The fourth-order valence-corrected chi connectivity index (χ4v) is 4.65. The first-order chi connectivity index (χ1) is 20.6. The molecular formula is C30H28F4N6O3. The molecule has 2 N–H and O–H groups in total. The van der Waals surface area contributed by atoms with Crippen molar-refractivity contribution < 1.29 is 31.8 Å². The van der Waals surface area contributed by atoms with Crippen LogP contribution in [0.4, 0.5) is 29.2 Å². The molecular weight excluding hydrogens is 568 g/mol. The van der Waals surface area contributed by atoms with Crippen LogP contribution in [-0.2, 0) is 6.18 Å². The van der Waals surface area contributed by atoms with Gasteiger partial charge in [-0.25, -0.2) is 19.3 Å². The van der Waals surface area contributed by atoms with Crippen molar-refractivity contribution in [2.45, 2.75) is 25.1 Å². The van der Waals surface area contributed by atoms with E-state index in [0.29, 0.717) is 17.2 Å². The number of carbonyl (C=O) groups excluding carboxylic acids is 1. The van der Waals surface area contributed by atoms with E-state index in [1.54, 1.807) is 31.4 Å². The van der Waals surface area contributed by atoms with Gasteiger partial charge in [0.15, 0.2) is 0 Å². The van der Waals surface area contributed by atoms with Gasteiger partial charge in [-0.1, -0.05) is 0 Å². The molecule has 0 aliphatic carbocycles. The third-order valence-corrected chi connectivity index (χ3v) is 6.93. The van der Waals surface area contributed by atoms with Crippen molar-refractivity contribution in [1.29, 1.82) is 0 Å². The summed E-state index contributed by atoms with van der Waals surface area (Å²) in [6.45, 7) is 1.08. The molecule has 1 fully saturated rings. The molecule has 1 aliphatic heterocycles. The summed E-state index contributed by atoms with van der Waals surface area (Å²) in [6, 6.07) is 11.5. The molecule has 5 rings (SSSR count). The van der Waals surface area contributed by atoms with Crippen molar-refractivity contribution >= 4 is 17.5 Å². The third-order valence-electron chi connectivity index (χ3n) is 6.93. The molecule has 2 aromatic heterocycles. The number of alkyl halides is 3. The number of pyridine rings is 1. The van der Waals surface area contributed by atoms with Crippen molar-refractivity contribution in [3.63, 3.8) is 0 Å². The number of rotatable bonds is 9. The van der Waals surface area contributed by atoms with Crippen LogP contribution in [0.1, 0.15) is 28.8 Å². The quantitative estimate of drug-likeness (QED) is 0.219. The zero-order chi connectivity index (χ0) is 30.6. The Morgan fingerprint density at radius 1 is 1.07 bits per heavy atom. The number of hydrogen-bond donors (Lipinski definition) is 2. The zero-order valence-electron chi connectivity index (χ0n) is 23.3. The maximum atomic E-state index is 14.8. The van der Waals surface area contributed by atoms with Gasteiger partial charge in [0.05, 0.1) is 22.4 Å². The first-order valence-corrected chi connectivity index (χ1v) is 13.4. The highest BCUT2D eigenvalue weighted by Gasteiger charge is 2.32. The number of hydrogen-bond acceptors (Lipinski definition) is 8. The molecule has 224 valence electrons. The molecule has 3 heterocycles. The minimum atomic E-state index is -4.69. The highest BCUT2D eigenvalue weighted by atomic mass is 19.4. The smallest absolute Gasteiger partial charge is 0.416 e. The van der Waals surface area contributed by atoms with Gasteiger partial charge >= 0.3 is 6.18 Å². The van der Waals surface area contributed by atoms with E-state index in [9.17, 15) is 22.4 Å². The van der Waals surface area contributed by atoms with Crippen LogP contribution in [0.15, 0.2) is 67.0 Å². The average Bonchev–Trinajstić information content (AvgIpc) is 3.41. The molecule has 0 radical (unpaired) electrons. The Morgan fingerprint density at radius 2 is 1.91 bits per heavy atom. The van der Waals surface area contributed by atoms with Crippen LogP contribution < -0.4 is 20.1 Å². The lowest BCUT2D eigenvalue weighted by Gasteiger charge is -2.20. The molecule has 43 heavy (non-hydrogen) atoms. The third kappa shape index (κ3) is 7.17. The number of likely N-dealkylation sites (tertiary alicyclic amines) is 1. The number of aromatic nitrogens is 3. The molecule has 0 spiro atoms. The van der Waals surface area contributed by atoms with Gasteiger partial charge in [0.1, 0.15) is 23.9 Å². The number of nitrogens with one attached hydrogen (secondary N) is 2. The predicted octanol–water partition coefficient (Wildman–Crippen LogP) is 6.26. The summed E-state index contributed by atoms with van der Waals surface area (Å²) in [5.41, 5.74) is -0.633. The number of anilines is 2. The van der Waals surface area contributed by atoms with Gasteiger partial charge < -0.3 is 25.0 Å². The van der Waals surface area contributed by atoms with Crippen LogP contribution >= 0.6 is 0 Å². The Balaban J connectivity index is 1.37. The number of nitrogens with zero attached hydrogens (tertiary/aromatic N) is 4. The number of likely N-dealkylation sites (N-methyl/N-ethyl adjacent to an activating group) is 1. The van der Waals surface area contributed by atoms with E-state index < -0.39 is 29.0 Å². The second-order valence-corrected chi connectivity index (χ2v) is 9.90. The summed E-state index contributed by atoms with van der Waals surface area (Å²) in [7, 11) is 3.60. The average molecular weight is 597 g/mol. The zero-order valence-corrected chi connectivity index (χ0v) is 23.3. The van der Waals surface area contributed by atoms with Crippen LogP contribution in [0.2, 0.25) is 0 Å². The highest BCUT2D eigenvalue weighted by molar-refractivity contribution is 6.04. The molecule has 13 heteroatoms. The summed E-state index contributed by atoms with van der Waals surface area (Å²) < 4.78 is 67.4. The van der Waals surface area contributed by atoms with E-state index in [0.717, 1.165) is 43.7 Å². The molecule has 1 atom stereocenters. The Hall–Kier alpha value is -4.78. The second kappa shape index (κ2) is 12.6. The number of halogens is 4. The van der Waals surface area contributed by atoms with Crippen LogP contribution in [0.3, 0.4) is 0 Å². The number of carbonyl (C=O) groups is 1. The van der Waals surface area contributed by atoms with Crippen LogP contribution in [0, 0.1) is 5.82 Å². The SMILES string of the molecule is CNc1nccc(-c2cccnc2Oc2ccc(F)c(C(=O)Nc3cc(OC[C@@H]4CCCN4C)cc(C(F)(F)F)c3)c2)n1. The van der Waals surface area contributed by atoms with Gasteiger partial charge in [-0.3, -0.25) is 4.79 Å². The van der Waals surface area contributed by atoms with E-state index in [-0.39, 0.29) is 35.7 Å². The van der Waals surface area contributed by atoms with Crippen LogP contribution in [0.5, 0.6) is 17.4 Å². The number of ether oxygens (including phenoxy) is 2. The second-order valence-electron chi connectivity index (χ2n) is 9.90. The monoisotopic (exact) mass is 596 g/mol. The maximum Gasteiger partial charge on any atom is 0.416 e. The number of amides is 1. The Kier molecular flexibility index (Phi) is 8.71. The van der Waals surface area contributed by atoms with E-state index >= 15 is 0 Å². The summed E-state index contributed by atoms with van der Waals surface area (Å²) in [6.07, 6.45) is 0.200. The minimum Gasteiger partial charge on any atom is -0.492 e. The van der Waals surface area contributed by atoms with Crippen molar-refractivity contribution in [1.82, 2.24) is 19.9 Å². The van der Waals surface area contributed by atoms with Crippen LogP contribution in [0.25, 0.3) is 11.3 Å². The van der Waals surface area contributed by atoms with Gasteiger partial charge in [-0.15, -0.1) is 0 Å². The van der Waals surface area contributed by atoms with Gasteiger partial charge in [0.2, 0.25) is 11.8 Å². The van der Waals surface area contributed by atoms with E-state index in [2.05, 4.69) is 30.5 Å². The minimum absolute atomic E-state index is 0.0585. The Bertz CT molecular complexity index is 1620. The largest absolute Gasteiger partial charge is 0.492 e. The first-order valence-electron chi connectivity index (χ1n) is 13.4. The van der Waals surface area contributed by atoms with E-state index in [1.807, 2.05) is 7.05 Å². The standard InChI is InChI=1S/C30H28F4N6O3/c1-35-29-37-11-9-26(39-29)23-6-3-10-36-28(23)43-21-7-8-25(31)24(16-21)27(41)38-19-13-18(30(32,33)34)14-22(15-19)42-17-20-5-4-12-40(20)2/h3,6-11,13-16,20H,4-5,12,17H2,1-2H3,(H,38,41)(H,35,37,39)/t20-/m0/s1. The molecule has 1 aliphatic rings. The molecule has 4 aromatic rings. The molecule has 0 bridgehead atoms. The van der Waals surface area contributed by atoms with Gasteiger partial charge in [-0.05, 0) is 75.0 Å². The van der Waals surface area contributed by atoms with Crippen molar-refractivity contribution in [2.75, 3.05) is 37.9 Å². The Morgan fingerprint density at radius 3 is 2.65 bits per heavy atom. The summed E-state index contributed by atoms with van der Waals surface area (Å²) in [4.78, 5) is 27.9. The molecule has 9 nitrogen and oxygen atoms in total. The fourth-order valence-electron chi connectivity index (χ4n) is 4.65. The molecule has 1 saturated heterocycles. The maximum absolute atomic E-state index is 14.8. The lowest BCUT2D eigenvalue weighted by Crippen LogP contribution is -2.30. The molecule has 1 amide bonds. The fraction of sp³-hybridized carbons (Fsp3) is 0.267. The van der Waals surface area contributed by atoms with Crippen molar-refractivity contribution in [3.8, 4) is 28.6 Å². The lowest BCUT2D eigenvalue weighted by molar-refractivity contribution is -0.137. The molecule has 2 aromatic carbocycles. The number of benzene rings is 2. The van der Waals surface area contributed by atoms with Gasteiger partial charge in [-0.2, -0.15) is 13.2 Å². The summed E-state index contributed by atoms with van der Waals surface area (Å²) in [5.74, 6) is -1.34. The topological polar surface area (TPSA) is 102 Å². The van der Waals surface area contributed by atoms with Crippen molar-refractivity contribution in [2.24, 2.45) is 0 Å². The highest BCUT2D eigenvalue weighted by Crippen LogP contribution is 2.35. The summed E-state index contributed by atoms with van der Waals surface area (Å²) >= 11 is 0. The molecule has 0 unspecified atom stereocenters. The van der Waals surface area contributed by atoms with Crippen LogP contribution in [-0.4, -0.2) is 59.0 Å². The predicted molar refractivity (Wildman–Crippen MR) is 152 cm³/mol. The first kappa shape index (κ1) is 29.7.